The molecule has 3 aromatic heterocycles. The van der Waals surface area contributed by atoms with Crippen molar-refractivity contribution in [3.05, 3.63) is 60.6 Å². The smallest absolute Gasteiger partial charge is 0.297 e. The number of hydrogen-bond acceptors (Lipinski definition) is 6. The Morgan fingerprint density at radius 1 is 1.07 bits per heavy atom. The Morgan fingerprint density at radius 3 is 2.73 bits per heavy atom. The zero-order chi connectivity index (χ0) is 20.8. The summed E-state index contributed by atoms with van der Waals surface area (Å²) in [6.45, 7) is -0.282. The average Bonchev–Trinajstić information content (AvgIpc) is 3.19. The maximum atomic E-state index is 15.3. The van der Waals surface area contributed by atoms with E-state index in [4.69, 9.17) is 4.74 Å². The molecule has 1 atom stereocenters. The van der Waals surface area contributed by atoms with Gasteiger partial charge in [0.25, 0.3) is 5.92 Å². The molecule has 0 saturated carbocycles. The molecule has 1 saturated heterocycles. The summed E-state index contributed by atoms with van der Waals surface area (Å²) in [5, 5.41) is 3.71. The number of H-pyrrole nitrogens is 1. The molecule has 1 aliphatic heterocycles. The fourth-order valence-electron chi connectivity index (χ4n) is 3.72. The Bertz CT molecular complexity index is 1230. The van der Waals surface area contributed by atoms with Crippen molar-refractivity contribution >= 4 is 27.9 Å². The van der Waals surface area contributed by atoms with Crippen LogP contribution in [0.5, 0.6) is 5.88 Å². The zero-order valence-electron chi connectivity index (χ0n) is 15.7. The Kier molecular flexibility index (Phi) is 4.21. The summed E-state index contributed by atoms with van der Waals surface area (Å²) in [4.78, 5) is 28.7. The van der Waals surface area contributed by atoms with Crippen molar-refractivity contribution < 1.29 is 18.3 Å². The Morgan fingerprint density at radius 2 is 1.90 bits per heavy atom. The van der Waals surface area contributed by atoms with Gasteiger partial charge in [0.05, 0.1) is 11.2 Å². The van der Waals surface area contributed by atoms with E-state index < -0.39 is 23.7 Å². The number of carbonyl (C=O) groups excluding carboxylic acids is 1. The van der Waals surface area contributed by atoms with Crippen LogP contribution in [0.2, 0.25) is 0 Å². The molecular weight excluding hydrogens is 392 g/mol. The molecule has 30 heavy (non-hydrogen) atoms. The van der Waals surface area contributed by atoms with Crippen LogP contribution in [0.25, 0.3) is 22.1 Å². The molecule has 0 aliphatic carbocycles. The molecule has 5 rings (SSSR count). The molecule has 0 spiro atoms. The maximum absolute atomic E-state index is 15.3. The number of ketones is 1. The second-order valence-electron chi connectivity index (χ2n) is 7.20. The summed E-state index contributed by atoms with van der Waals surface area (Å²) < 4.78 is 36.3. The maximum Gasteiger partial charge on any atom is 0.297 e. The number of fused-ring (bicyclic) bond motifs is 2. The predicted molar refractivity (Wildman–Crippen MR) is 106 cm³/mol. The van der Waals surface area contributed by atoms with Gasteiger partial charge in [0.2, 0.25) is 17.3 Å². The van der Waals surface area contributed by atoms with Gasteiger partial charge in [-0.25, -0.2) is 18.7 Å². The van der Waals surface area contributed by atoms with E-state index in [1.165, 1.54) is 24.5 Å². The van der Waals surface area contributed by atoms with Crippen LogP contribution in [0.15, 0.2) is 54.9 Å². The lowest BCUT2D eigenvalue weighted by atomic mass is 9.84. The van der Waals surface area contributed by atoms with Crippen LogP contribution >= 0.6 is 0 Å². The summed E-state index contributed by atoms with van der Waals surface area (Å²) in [5.74, 6) is -4.34. The Hall–Kier alpha value is -3.46. The summed E-state index contributed by atoms with van der Waals surface area (Å²) in [6.07, 6.45) is 2.38. The molecule has 0 unspecified atom stereocenters. The largest absolute Gasteiger partial charge is 0.455 e. The van der Waals surface area contributed by atoms with Crippen molar-refractivity contribution in [3.8, 4) is 5.88 Å². The number of piperidine rings is 1. The van der Waals surface area contributed by atoms with Gasteiger partial charge in [-0.05, 0) is 18.2 Å². The van der Waals surface area contributed by atoms with Crippen molar-refractivity contribution in [2.75, 3.05) is 13.1 Å². The van der Waals surface area contributed by atoms with Crippen molar-refractivity contribution in [2.24, 2.45) is 0 Å². The second kappa shape index (κ2) is 6.81. The number of ether oxygens (including phenoxy) is 1. The van der Waals surface area contributed by atoms with E-state index in [2.05, 4.69) is 25.3 Å². The minimum absolute atomic E-state index is 0.0413. The third-order valence-electron chi connectivity index (χ3n) is 5.30. The van der Waals surface area contributed by atoms with E-state index in [-0.39, 0.29) is 24.7 Å². The molecule has 1 fully saturated rings. The molecule has 2 N–H and O–H groups in total. The number of pyridine rings is 1. The predicted octanol–water partition coefficient (Wildman–Crippen LogP) is 3.14. The van der Waals surface area contributed by atoms with Crippen molar-refractivity contribution in [1.82, 2.24) is 25.3 Å². The summed E-state index contributed by atoms with van der Waals surface area (Å²) >= 11 is 0. The van der Waals surface area contributed by atoms with Crippen LogP contribution in [-0.2, 0) is 0 Å². The number of carbonyl (C=O) groups is 1. The molecule has 7 nitrogen and oxygen atoms in total. The number of aromatic amines is 1. The van der Waals surface area contributed by atoms with E-state index in [0.717, 1.165) is 5.39 Å². The third-order valence-corrected chi connectivity index (χ3v) is 5.30. The number of nitrogens with zero attached hydrogens (tertiary/aromatic N) is 3. The molecule has 0 radical (unpaired) electrons. The number of hydrogen-bond donors (Lipinski definition) is 2. The number of para-hydroxylation sites is 1. The highest BCUT2D eigenvalue weighted by molar-refractivity contribution is 6.05. The highest BCUT2D eigenvalue weighted by atomic mass is 19.3. The van der Waals surface area contributed by atoms with Crippen molar-refractivity contribution in [2.45, 2.75) is 17.9 Å². The van der Waals surface area contributed by atoms with Crippen LogP contribution in [-0.4, -0.2) is 50.3 Å². The van der Waals surface area contributed by atoms with Gasteiger partial charge < -0.3 is 15.0 Å². The first-order valence-electron chi connectivity index (χ1n) is 9.46. The topological polar surface area (TPSA) is 92.8 Å². The van der Waals surface area contributed by atoms with Gasteiger partial charge in [0.1, 0.15) is 5.52 Å². The molecule has 4 aromatic rings. The fourth-order valence-corrected chi connectivity index (χ4v) is 3.72. The first-order chi connectivity index (χ1) is 14.5. The van der Waals surface area contributed by atoms with Crippen LogP contribution in [0.1, 0.15) is 16.9 Å². The van der Waals surface area contributed by atoms with Crippen LogP contribution in [0.3, 0.4) is 0 Å². The van der Waals surface area contributed by atoms with E-state index in [1.807, 2.05) is 12.1 Å². The average molecular weight is 409 g/mol. The van der Waals surface area contributed by atoms with Gasteiger partial charge in [-0.15, -0.1) is 0 Å². The second-order valence-corrected chi connectivity index (χ2v) is 7.20. The highest BCUT2D eigenvalue weighted by Gasteiger charge is 2.63. The van der Waals surface area contributed by atoms with Crippen LogP contribution in [0.4, 0.5) is 8.78 Å². The molecule has 0 bridgehead atoms. The third kappa shape index (κ3) is 2.89. The monoisotopic (exact) mass is 409 g/mol. The standard InChI is InChI=1S/C21H17F2N5O2/c22-21(23)7-8-24-12-20(21,18(29)15-11-16-19(28-15)26-10-9-25-16)30-17-6-5-13-3-1-2-4-14(13)27-17/h1-6,9-11,24H,7-8,12H2,(H,26,28)/t20-/m0/s1. The molecule has 1 aromatic carbocycles. The van der Waals surface area contributed by atoms with Gasteiger partial charge in [-0.2, -0.15) is 0 Å². The van der Waals surface area contributed by atoms with Gasteiger partial charge in [-0.3, -0.25) is 9.78 Å². The lowest BCUT2D eigenvalue weighted by molar-refractivity contribution is -0.155. The highest BCUT2D eigenvalue weighted by Crippen LogP contribution is 2.40. The zero-order valence-corrected chi connectivity index (χ0v) is 15.7. The SMILES string of the molecule is O=C(c1cc2nccnc2[nH]1)[C@@]1(Oc2ccc3ccccc3n2)CNCCC1(F)F. The van der Waals surface area contributed by atoms with E-state index >= 15 is 8.78 Å². The number of benzene rings is 1. The summed E-state index contributed by atoms with van der Waals surface area (Å²) in [7, 11) is 0. The molecule has 4 heterocycles. The van der Waals surface area contributed by atoms with Gasteiger partial charge in [0, 0.05) is 43.4 Å². The molecule has 1 aliphatic rings. The van der Waals surface area contributed by atoms with Crippen molar-refractivity contribution in [1.29, 1.82) is 0 Å². The summed E-state index contributed by atoms with van der Waals surface area (Å²) in [6, 6.07) is 11.9. The van der Waals surface area contributed by atoms with E-state index in [1.54, 1.807) is 18.2 Å². The van der Waals surface area contributed by atoms with Gasteiger partial charge in [0.15, 0.2) is 5.65 Å². The van der Waals surface area contributed by atoms with Gasteiger partial charge >= 0.3 is 0 Å². The lowest BCUT2D eigenvalue weighted by Crippen LogP contribution is -2.67. The van der Waals surface area contributed by atoms with Crippen LogP contribution < -0.4 is 10.1 Å². The molecule has 0 amide bonds. The first-order valence-corrected chi connectivity index (χ1v) is 9.46. The summed E-state index contributed by atoms with van der Waals surface area (Å²) in [5.41, 5.74) is -1.16. The lowest BCUT2D eigenvalue weighted by Gasteiger charge is -2.41. The van der Waals surface area contributed by atoms with E-state index in [0.29, 0.717) is 16.7 Å². The first kappa shape index (κ1) is 18.6. The fraction of sp³-hybridized carbons (Fsp3) is 0.238. The quantitative estimate of drug-likeness (QED) is 0.503. The molecule has 9 heteroatoms. The molecule has 152 valence electrons. The number of rotatable bonds is 4. The number of alkyl halides is 2. The molecular formula is C21H17F2N5O2. The number of aromatic nitrogens is 4. The minimum atomic E-state index is -3.42. The number of nitrogens with one attached hydrogen (secondary N) is 2. The van der Waals surface area contributed by atoms with Gasteiger partial charge in [-0.1, -0.05) is 18.2 Å². The van der Waals surface area contributed by atoms with E-state index in [9.17, 15) is 4.79 Å². The number of halogens is 2. The minimum Gasteiger partial charge on any atom is -0.455 e. The Labute approximate surface area is 169 Å². The number of Topliss-reactive ketones (excluding diaryl/α,β-unsaturated/α-hetero) is 1. The van der Waals surface area contributed by atoms with Crippen LogP contribution in [0, 0.1) is 0 Å². The Balaban J connectivity index is 1.60. The van der Waals surface area contributed by atoms with Crippen molar-refractivity contribution in [3.63, 3.8) is 0 Å². The normalized spacial score (nSPS) is 21.0.